The van der Waals surface area contributed by atoms with E-state index in [9.17, 15) is 9.59 Å². The number of aromatic nitrogens is 1. The number of nitrogens with one attached hydrogen (secondary N) is 1. The minimum absolute atomic E-state index is 0.143. The first-order valence-electron chi connectivity index (χ1n) is 6.33. The summed E-state index contributed by atoms with van der Waals surface area (Å²) in [6.07, 6.45) is 2.96. The summed E-state index contributed by atoms with van der Waals surface area (Å²) in [5, 5.41) is 2.58. The summed E-state index contributed by atoms with van der Waals surface area (Å²) >= 11 is 4.84. The Bertz CT molecular complexity index is 544. The van der Waals surface area contributed by atoms with Gasteiger partial charge in [0.15, 0.2) is 0 Å². The molecule has 1 aliphatic heterocycles. The van der Waals surface area contributed by atoms with Gasteiger partial charge in [-0.05, 0) is 25.0 Å². The van der Waals surface area contributed by atoms with Crippen LogP contribution in [0.15, 0.2) is 18.3 Å². The number of carbonyl (C=O) groups excluding carboxylic acids is 2. The first-order valence-corrected chi connectivity index (χ1v) is 6.74. The molecule has 1 aliphatic rings. The first kappa shape index (κ1) is 14.4. The van der Waals surface area contributed by atoms with Crippen molar-refractivity contribution in [2.75, 3.05) is 13.6 Å². The molecule has 1 aromatic rings. The molecule has 2 rings (SSSR count). The largest absolute Gasteiger partial charge is 0.389 e. The van der Waals surface area contributed by atoms with Gasteiger partial charge < -0.3 is 16.0 Å². The molecule has 6 nitrogen and oxygen atoms in total. The minimum Gasteiger partial charge on any atom is -0.389 e. The predicted octanol–water partition coefficient (Wildman–Crippen LogP) is 0.0664. The standard InChI is InChI=1S/C13H16N4O2S/c1-15-12(18)10-3-2-6-17(10)13(19)9-5-4-8(7-16-9)11(14)20/h4-5,7,10H,2-3,6H2,1H3,(H2,14,20)(H,15,18). The van der Waals surface area contributed by atoms with E-state index in [1.807, 2.05) is 0 Å². The van der Waals surface area contributed by atoms with Gasteiger partial charge in [-0.3, -0.25) is 14.6 Å². The van der Waals surface area contributed by atoms with E-state index in [-0.39, 0.29) is 16.8 Å². The van der Waals surface area contributed by atoms with E-state index in [1.54, 1.807) is 24.1 Å². The first-order chi connectivity index (χ1) is 9.54. The van der Waals surface area contributed by atoms with Crippen molar-refractivity contribution in [3.8, 4) is 0 Å². The van der Waals surface area contributed by atoms with E-state index in [2.05, 4.69) is 10.3 Å². The molecule has 0 spiro atoms. The molecule has 1 saturated heterocycles. The molecule has 0 aliphatic carbocycles. The quantitative estimate of drug-likeness (QED) is 0.770. The van der Waals surface area contributed by atoms with Crippen LogP contribution in [-0.2, 0) is 4.79 Å². The molecule has 0 radical (unpaired) electrons. The molecule has 1 unspecified atom stereocenters. The van der Waals surface area contributed by atoms with Crippen LogP contribution in [0.4, 0.5) is 0 Å². The number of amides is 2. The van der Waals surface area contributed by atoms with E-state index in [4.69, 9.17) is 18.0 Å². The highest BCUT2D eigenvalue weighted by atomic mass is 32.1. The van der Waals surface area contributed by atoms with Gasteiger partial charge in [-0.25, -0.2) is 0 Å². The number of likely N-dealkylation sites (tertiary alicyclic amines) is 1. The Balaban J connectivity index is 2.18. The minimum atomic E-state index is -0.412. The van der Waals surface area contributed by atoms with E-state index < -0.39 is 6.04 Å². The number of likely N-dealkylation sites (N-methyl/N-ethyl adjacent to an activating group) is 1. The fourth-order valence-corrected chi connectivity index (χ4v) is 2.38. The molecule has 0 aromatic carbocycles. The average Bonchev–Trinajstić information content (AvgIpc) is 2.95. The fraction of sp³-hybridized carbons (Fsp3) is 0.385. The van der Waals surface area contributed by atoms with Crippen molar-refractivity contribution in [1.29, 1.82) is 0 Å². The third-order valence-corrected chi connectivity index (χ3v) is 3.57. The molecule has 0 bridgehead atoms. The maximum Gasteiger partial charge on any atom is 0.273 e. The molecule has 1 aromatic heterocycles. The third kappa shape index (κ3) is 2.77. The zero-order valence-corrected chi connectivity index (χ0v) is 11.9. The van der Waals surface area contributed by atoms with Crippen molar-refractivity contribution in [2.45, 2.75) is 18.9 Å². The van der Waals surface area contributed by atoms with Gasteiger partial charge in [0.2, 0.25) is 5.91 Å². The number of nitrogens with two attached hydrogens (primary N) is 1. The number of hydrogen-bond donors (Lipinski definition) is 2. The zero-order chi connectivity index (χ0) is 14.7. The van der Waals surface area contributed by atoms with Crippen LogP contribution in [0, 0.1) is 0 Å². The molecule has 0 saturated carbocycles. The SMILES string of the molecule is CNC(=O)C1CCCN1C(=O)c1ccc(C(N)=S)cn1. The molecular formula is C13H16N4O2S. The lowest BCUT2D eigenvalue weighted by molar-refractivity contribution is -0.124. The van der Waals surface area contributed by atoms with Crippen LogP contribution in [0.2, 0.25) is 0 Å². The highest BCUT2D eigenvalue weighted by molar-refractivity contribution is 7.80. The molecule has 7 heteroatoms. The van der Waals surface area contributed by atoms with E-state index in [1.165, 1.54) is 6.20 Å². The second-order valence-electron chi connectivity index (χ2n) is 4.57. The van der Waals surface area contributed by atoms with Crippen LogP contribution in [0.5, 0.6) is 0 Å². The molecule has 1 fully saturated rings. The van der Waals surface area contributed by atoms with Crippen LogP contribution in [-0.4, -0.2) is 46.3 Å². The molecule has 2 heterocycles. The highest BCUT2D eigenvalue weighted by Gasteiger charge is 2.34. The summed E-state index contributed by atoms with van der Waals surface area (Å²) in [6.45, 7) is 0.565. The van der Waals surface area contributed by atoms with Crippen molar-refractivity contribution in [3.05, 3.63) is 29.6 Å². The van der Waals surface area contributed by atoms with E-state index in [0.717, 1.165) is 6.42 Å². The maximum absolute atomic E-state index is 12.4. The summed E-state index contributed by atoms with van der Waals surface area (Å²) < 4.78 is 0. The van der Waals surface area contributed by atoms with Crippen LogP contribution in [0.25, 0.3) is 0 Å². The third-order valence-electron chi connectivity index (χ3n) is 3.33. The normalized spacial score (nSPS) is 17.9. The van der Waals surface area contributed by atoms with E-state index in [0.29, 0.717) is 24.2 Å². The average molecular weight is 292 g/mol. The molecule has 2 amide bonds. The molecule has 1 atom stereocenters. The van der Waals surface area contributed by atoms with Gasteiger partial charge in [-0.2, -0.15) is 0 Å². The highest BCUT2D eigenvalue weighted by Crippen LogP contribution is 2.19. The number of carbonyl (C=O) groups is 2. The Hall–Kier alpha value is -2.02. The number of thiocarbonyl (C=S) groups is 1. The molecule has 20 heavy (non-hydrogen) atoms. The Morgan fingerprint density at radius 3 is 2.80 bits per heavy atom. The maximum atomic E-state index is 12.4. The van der Waals surface area contributed by atoms with Crippen molar-refractivity contribution < 1.29 is 9.59 Å². The number of pyridine rings is 1. The summed E-state index contributed by atoms with van der Waals surface area (Å²) in [6, 6.07) is 2.83. The molecule has 106 valence electrons. The number of rotatable bonds is 3. The number of nitrogens with zero attached hydrogens (tertiary/aromatic N) is 2. The molecule has 3 N–H and O–H groups in total. The zero-order valence-electron chi connectivity index (χ0n) is 11.1. The Morgan fingerprint density at radius 2 is 2.25 bits per heavy atom. The smallest absolute Gasteiger partial charge is 0.273 e. The Kier molecular flexibility index (Phi) is 4.29. The van der Waals surface area contributed by atoms with Crippen molar-refractivity contribution >= 4 is 29.0 Å². The summed E-state index contributed by atoms with van der Waals surface area (Å²) in [5.41, 5.74) is 6.39. The van der Waals surface area contributed by atoms with Gasteiger partial charge in [0.05, 0.1) is 0 Å². The van der Waals surface area contributed by atoms with Gasteiger partial charge >= 0.3 is 0 Å². The van der Waals surface area contributed by atoms with Gasteiger partial charge in [-0.1, -0.05) is 12.2 Å². The second-order valence-corrected chi connectivity index (χ2v) is 5.01. The topological polar surface area (TPSA) is 88.3 Å². The Labute approximate surface area is 122 Å². The summed E-state index contributed by atoms with van der Waals surface area (Å²) in [5.74, 6) is -0.388. The van der Waals surface area contributed by atoms with Crippen LogP contribution >= 0.6 is 12.2 Å². The second kappa shape index (κ2) is 5.96. The monoisotopic (exact) mass is 292 g/mol. The van der Waals surface area contributed by atoms with Crippen molar-refractivity contribution in [3.63, 3.8) is 0 Å². The lowest BCUT2D eigenvalue weighted by Crippen LogP contribution is -2.45. The Morgan fingerprint density at radius 1 is 1.50 bits per heavy atom. The number of hydrogen-bond acceptors (Lipinski definition) is 4. The summed E-state index contributed by atoms with van der Waals surface area (Å²) in [7, 11) is 1.57. The predicted molar refractivity (Wildman–Crippen MR) is 78.2 cm³/mol. The van der Waals surface area contributed by atoms with Crippen molar-refractivity contribution in [2.24, 2.45) is 5.73 Å². The van der Waals surface area contributed by atoms with Crippen LogP contribution in [0.1, 0.15) is 28.9 Å². The van der Waals surface area contributed by atoms with Gasteiger partial charge in [0.1, 0.15) is 16.7 Å². The summed E-state index contributed by atoms with van der Waals surface area (Å²) in [4.78, 5) is 30.0. The van der Waals surface area contributed by atoms with E-state index >= 15 is 0 Å². The van der Waals surface area contributed by atoms with Gasteiger partial charge in [-0.15, -0.1) is 0 Å². The molecular weight excluding hydrogens is 276 g/mol. The van der Waals surface area contributed by atoms with Crippen molar-refractivity contribution in [1.82, 2.24) is 15.2 Å². The lowest BCUT2D eigenvalue weighted by atomic mass is 10.2. The van der Waals surface area contributed by atoms with Crippen LogP contribution < -0.4 is 11.1 Å². The van der Waals surface area contributed by atoms with Gasteiger partial charge in [0.25, 0.3) is 5.91 Å². The lowest BCUT2D eigenvalue weighted by Gasteiger charge is -2.22. The van der Waals surface area contributed by atoms with Crippen LogP contribution in [0.3, 0.4) is 0 Å². The van der Waals surface area contributed by atoms with Gasteiger partial charge in [0, 0.05) is 25.4 Å². The fourth-order valence-electron chi connectivity index (χ4n) is 2.26.